The van der Waals surface area contributed by atoms with Gasteiger partial charge in [-0.3, -0.25) is 19.7 Å². The lowest BCUT2D eigenvalue weighted by molar-refractivity contribution is -0.138. The van der Waals surface area contributed by atoms with E-state index in [-0.39, 0.29) is 24.1 Å². The predicted octanol–water partition coefficient (Wildman–Crippen LogP) is 0.883. The number of hydrogen-bond donors (Lipinski definition) is 1. The zero-order valence-electron chi connectivity index (χ0n) is 11.5. The van der Waals surface area contributed by atoms with Crippen molar-refractivity contribution in [3.63, 3.8) is 0 Å². The molecule has 1 heterocycles. The third-order valence-electron chi connectivity index (χ3n) is 3.45. The fourth-order valence-corrected chi connectivity index (χ4v) is 2.40. The van der Waals surface area contributed by atoms with E-state index in [0.717, 1.165) is 5.56 Å². The lowest BCUT2D eigenvalue weighted by Crippen LogP contribution is -2.44. The fourth-order valence-electron chi connectivity index (χ4n) is 2.40. The highest BCUT2D eigenvalue weighted by Crippen LogP contribution is 2.13. The topological polar surface area (TPSA) is 66.5 Å². The molecule has 0 radical (unpaired) electrons. The number of nitrogens with zero attached hydrogens (tertiary/aromatic N) is 1. The molecule has 1 N–H and O–H groups in total. The summed E-state index contributed by atoms with van der Waals surface area (Å²) in [5.41, 5.74) is 1.09. The molecule has 3 amide bonds. The van der Waals surface area contributed by atoms with Gasteiger partial charge in [0.2, 0.25) is 17.7 Å². The van der Waals surface area contributed by atoms with Crippen molar-refractivity contribution < 1.29 is 14.4 Å². The Bertz CT molecular complexity index is 513. The number of benzene rings is 1. The van der Waals surface area contributed by atoms with Crippen molar-refractivity contribution in [3.8, 4) is 0 Å². The van der Waals surface area contributed by atoms with E-state index in [1.807, 2.05) is 37.3 Å². The van der Waals surface area contributed by atoms with E-state index in [0.29, 0.717) is 19.4 Å². The molecular weight excluding hydrogens is 256 g/mol. The first-order valence-corrected chi connectivity index (χ1v) is 6.79. The van der Waals surface area contributed by atoms with E-state index in [1.165, 1.54) is 4.90 Å². The minimum Gasteiger partial charge on any atom is -0.330 e. The third-order valence-corrected chi connectivity index (χ3v) is 3.45. The summed E-state index contributed by atoms with van der Waals surface area (Å²) in [4.78, 5) is 36.6. The molecule has 5 heteroatoms. The number of carbonyl (C=O) groups is 3. The second kappa shape index (κ2) is 6.32. The van der Waals surface area contributed by atoms with Crippen LogP contribution in [-0.4, -0.2) is 35.2 Å². The molecule has 5 nitrogen and oxygen atoms in total. The predicted molar refractivity (Wildman–Crippen MR) is 73.7 cm³/mol. The first-order valence-electron chi connectivity index (χ1n) is 6.79. The summed E-state index contributed by atoms with van der Waals surface area (Å²) < 4.78 is 0. The van der Waals surface area contributed by atoms with Gasteiger partial charge >= 0.3 is 0 Å². The quantitative estimate of drug-likeness (QED) is 0.811. The zero-order chi connectivity index (χ0) is 14.5. The van der Waals surface area contributed by atoms with Crippen LogP contribution < -0.4 is 5.32 Å². The van der Waals surface area contributed by atoms with E-state index in [9.17, 15) is 14.4 Å². The molecule has 106 valence electrons. The highest BCUT2D eigenvalue weighted by molar-refractivity contribution is 6.06. The summed E-state index contributed by atoms with van der Waals surface area (Å²) in [5.74, 6) is -0.773. The molecule has 1 aromatic carbocycles. The number of likely N-dealkylation sites (N-methyl/N-ethyl adjacent to an activating group) is 1. The molecule has 0 unspecified atom stereocenters. The van der Waals surface area contributed by atoms with Crippen molar-refractivity contribution in [2.45, 2.75) is 32.2 Å². The number of aryl methyl sites for hydroxylation is 1. The van der Waals surface area contributed by atoms with E-state index >= 15 is 0 Å². The lowest BCUT2D eigenvalue weighted by Gasteiger charge is -2.25. The molecule has 0 bridgehead atoms. The molecule has 1 aliphatic heterocycles. The summed E-state index contributed by atoms with van der Waals surface area (Å²) in [6.07, 6.45) is 1.05. The summed E-state index contributed by atoms with van der Waals surface area (Å²) >= 11 is 0. The van der Waals surface area contributed by atoms with Crippen LogP contribution in [0.5, 0.6) is 0 Å². The smallest absolute Gasteiger partial charge is 0.249 e. The van der Waals surface area contributed by atoms with Crippen LogP contribution in [0.3, 0.4) is 0 Å². The van der Waals surface area contributed by atoms with Crippen LogP contribution >= 0.6 is 0 Å². The summed E-state index contributed by atoms with van der Waals surface area (Å²) in [6.45, 7) is 2.25. The number of imide groups is 1. The Labute approximate surface area is 118 Å². The van der Waals surface area contributed by atoms with Crippen molar-refractivity contribution in [2.75, 3.05) is 6.54 Å². The Morgan fingerprint density at radius 3 is 2.55 bits per heavy atom. The monoisotopic (exact) mass is 274 g/mol. The molecule has 0 spiro atoms. The molecule has 0 saturated carbocycles. The van der Waals surface area contributed by atoms with Crippen molar-refractivity contribution in [2.24, 2.45) is 0 Å². The highest BCUT2D eigenvalue weighted by atomic mass is 16.2. The Morgan fingerprint density at radius 1 is 1.30 bits per heavy atom. The Morgan fingerprint density at radius 2 is 2.00 bits per heavy atom. The van der Waals surface area contributed by atoms with Crippen LogP contribution in [0.25, 0.3) is 0 Å². The van der Waals surface area contributed by atoms with E-state index in [4.69, 9.17) is 0 Å². The minimum absolute atomic E-state index is 0.0732. The first-order chi connectivity index (χ1) is 9.61. The van der Waals surface area contributed by atoms with Gasteiger partial charge in [0.1, 0.15) is 6.04 Å². The van der Waals surface area contributed by atoms with Gasteiger partial charge in [0.05, 0.1) is 6.42 Å². The van der Waals surface area contributed by atoms with Gasteiger partial charge < -0.3 is 4.90 Å². The second-order valence-electron chi connectivity index (χ2n) is 4.80. The Kier molecular flexibility index (Phi) is 4.50. The number of rotatable bonds is 5. The summed E-state index contributed by atoms with van der Waals surface area (Å²) in [5, 5.41) is 2.24. The maximum absolute atomic E-state index is 12.2. The molecule has 1 fully saturated rings. The maximum Gasteiger partial charge on any atom is 0.249 e. The molecule has 20 heavy (non-hydrogen) atoms. The SMILES string of the molecule is CCN(C(=O)CCc1ccccc1)[C@H]1CC(=O)NC1=O. The van der Waals surface area contributed by atoms with Gasteiger partial charge in [0.15, 0.2) is 0 Å². The summed E-state index contributed by atoms with van der Waals surface area (Å²) in [6, 6.07) is 9.08. The van der Waals surface area contributed by atoms with Gasteiger partial charge in [-0.05, 0) is 18.9 Å². The number of amides is 3. The average molecular weight is 274 g/mol. The summed E-state index contributed by atoms with van der Waals surface area (Å²) in [7, 11) is 0. The third kappa shape index (κ3) is 3.23. The largest absolute Gasteiger partial charge is 0.330 e. The van der Waals surface area contributed by atoms with Crippen LogP contribution in [0.2, 0.25) is 0 Å². The normalized spacial score (nSPS) is 17.9. The van der Waals surface area contributed by atoms with Gasteiger partial charge in [-0.1, -0.05) is 30.3 Å². The van der Waals surface area contributed by atoms with Crippen molar-refractivity contribution >= 4 is 17.7 Å². The van der Waals surface area contributed by atoms with Gasteiger partial charge in [-0.2, -0.15) is 0 Å². The average Bonchev–Trinajstić information content (AvgIpc) is 2.77. The first kappa shape index (κ1) is 14.2. The standard InChI is InChI=1S/C15H18N2O3/c1-2-17(12-10-13(18)16-15(12)20)14(19)9-8-11-6-4-3-5-7-11/h3-7,12H,2,8-10H2,1H3,(H,16,18,20)/t12-/m0/s1. The molecule has 1 saturated heterocycles. The molecule has 0 aliphatic carbocycles. The van der Waals surface area contributed by atoms with Crippen molar-refractivity contribution in [1.82, 2.24) is 10.2 Å². The molecule has 2 rings (SSSR count). The van der Waals surface area contributed by atoms with E-state index in [1.54, 1.807) is 0 Å². The number of nitrogens with one attached hydrogen (secondary N) is 1. The van der Waals surface area contributed by atoms with Crippen molar-refractivity contribution in [1.29, 1.82) is 0 Å². The highest BCUT2D eigenvalue weighted by Gasteiger charge is 2.36. The Balaban J connectivity index is 1.96. The van der Waals surface area contributed by atoms with Crippen LogP contribution in [0.1, 0.15) is 25.3 Å². The fraction of sp³-hybridized carbons (Fsp3) is 0.400. The van der Waals surface area contributed by atoms with Gasteiger partial charge in [0, 0.05) is 13.0 Å². The number of carbonyl (C=O) groups excluding carboxylic acids is 3. The lowest BCUT2D eigenvalue weighted by atomic mass is 10.1. The number of hydrogen-bond acceptors (Lipinski definition) is 3. The maximum atomic E-state index is 12.2. The van der Waals surface area contributed by atoms with Crippen LogP contribution in [0.4, 0.5) is 0 Å². The van der Waals surface area contributed by atoms with Gasteiger partial charge in [0.25, 0.3) is 0 Å². The van der Waals surface area contributed by atoms with E-state index in [2.05, 4.69) is 5.32 Å². The molecule has 1 aromatic rings. The zero-order valence-corrected chi connectivity index (χ0v) is 11.5. The molecule has 1 atom stereocenters. The Hall–Kier alpha value is -2.17. The van der Waals surface area contributed by atoms with Gasteiger partial charge in [-0.15, -0.1) is 0 Å². The van der Waals surface area contributed by atoms with Gasteiger partial charge in [-0.25, -0.2) is 0 Å². The molecular formula is C15H18N2O3. The van der Waals surface area contributed by atoms with Crippen LogP contribution in [0, 0.1) is 0 Å². The van der Waals surface area contributed by atoms with Crippen molar-refractivity contribution in [3.05, 3.63) is 35.9 Å². The minimum atomic E-state index is -0.643. The molecule has 0 aromatic heterocycles. The van der Waals surface area contributed by atoms with Crippen LogP contribution in [-0.2, 0) is 20.8 Å². The van der Waals surface area contributed by atoms with E-state index < -0.39 is 6.04 Å². The van der Waals surface area contributed by atoms with Crippen LogP contribution in [0.15, 0.2) is 30.3 Å². The second-order valence-corrected chi connectivity index (χ2v) is 4.80. The molecule has 1 aliphatic rings.